The molecule has 0 aromatic heterocycles. The Balaban J connectivity index is 3.39. The first-order valence-electron chi connectivity index (χ1n) is 3.40. The third-order valence-electron chi connectivity index (χ3n) is 1.39. The standard InChI is InChI=1S/C6H2BCl2F3O3/c8-1-3(10)2(9)5(12)6(4(1)11)15-7(13)14/h13-14H. The van der Waals surface area contributed by atoms with Crippen LogP contribution in [0.15, 0.2) is 0 Å². The van der Waals surface area contributed by atoms with Gasteiger partial charge in [-0.3, -0.25) is 0 Å². The lowest BCUT2D eigenvalue weighted by atomic mass is 10.2. The fourth-order valence-electron chi connectivity index (χ4n) is 0.794. The lowest BCUT2D eigenvalue weighted by Gasteiger charge is -2.10. The second-order valence-corrected chi connectivity index (χ2v) is 3.10. The van der Waals surface area contributed by atoms with Crippen LogP contribution in [0.5, 0.6) is 5.75 Å². The van der Waals surface area contributed by atoms with Crippen LogP contribution in [0.3, 0.4) is 0 Å². The van der Waals surface area contributed by atoms with Gasteiger partial charge < -0.3 is 14.7 Å². The van der Waals surface area contributed by atoms with Crippen molar-refractivity contribution in [1.29, 1.82) is 0 Å². The lowest BCUT2D eigenvalue weighted by molar-refractivity contribution is 0.273. The van der Waals surface area contributed by atoms with E-state index in [0.29, 0.717) is 0 Å². The van der Waals surface area contributed by atoms with E-state index in [1.54, 1.807) is 0 Å². The summed E-state index contributed by atoms with van der Waals surface area (Å²) in [5, 5.41) is 14.5. The maximum atomic E-state index is 13.0. The van der Waals surface area contributed by atoms with Crippen LogP contribution in [-0.4, -0.2) is 17.4 Å². The Morgan fingerprint density at radius 1 is 0.933 bits per heavy atom. The van der Waals surface area contributed by atoms with E-state index in [0.717, 1.165) is 0 Å². The highest BCUT2D eigenvalue weighted by Gasteiger charge is 2.27. The van der Waals surface area contributed by atoms with Crippen LogP contribution in [0, 0.1) is 17.5 Å². The average molecular weight is 261 g/mol. The van der Waals surface area contributed by atoms with E-state index in [2.05, 4.69) is 4.65 Å². The minimum Gasteiger partial charge on any atom is -0.507 e. The molecule has 0 saturated heterocycles. The van der Waals surface area contributed by atoms with E-state index < -0.39 is 40.6 Å². The Hall–Kier alpha value is -0.625. The molecule has 0 saturated carbocycles. The minimum absolute atomic E-state index is 1.10. The SMILES string of the molecule is OB(O)Oc1c(F)c(Cl)c(F)c(Cl)c1F. The van der Waals surface area contributed by atoms with E-state index in [-0.39, 0.29) is 0 Å². The van der Waals surface area contributed by atoms with Gasteiger partial charge >= 0.3 is 7.32 Å². The van der Waals surface area contributed by atoms with Crippen molar-refractivity contribution in [2.24, 2.45) is 0 Å². The molecule has 82 valence electrons. The van der Waals surface area contributed by atoms with Crippen LogP contribution in [-0.2, 0) is 0 Å². The highest BCUT2D eigenvalue weighted by Crippen LogP contribution is 2.36. The first-order chi connectivity index (χ1) is 6.86. The molecule has 0 heterocycles. The van der Waals surface area contributed by atoms with Gasteiger partial charge in [-0.2, -0.15) is 0 Å². The first-order valence-corrected chi connectivity index (χ1v) is 4.16. The smallest absolute Gasteiger partial charge is 0.507 e. The van der Waals surface area contributed by atoms with Crippen molar-refractivity contribution in [3.63, 3.8) is 0 Å². The fraction of sp³-hybridized carbons (Fsp3) is 0. The van der Waals surface area contributed by atoms with Gasteiger partial charge in [-0.15, -0.1) is 0 Å². The van der Waals surface area contributed by atoms with Crippen LogP contribution >= 0.6 is 23.2 Å². The molecule has 0 aliphatic rings. The van der Waals surface area contributed by atoms with Gasteiger partial charge in [-0.05, 0) is 0 Å². The minimum atomic E-state index is -2.48. The zero-order valence-electron chi connectivity index (χ0n) is 6.77. The Labute approximate surface area is 92.2 Å². The number of halogens is 5. The topological polar surface area (TPSA) is 49.7 Å². The molecule has 0 spiro atoms. The second-order valence-electron chi connectivity index (χ2n) is 2.34. The van der Waals surface area contributed by atoms with E-state index >= 15 is 0 Å². The Morgan fingerprint density at radius 2 is 1.33 bits per heavy atom. The molecule has 0 fully saturated rings. The van der Waals surface area contributed by atoms with Gasteiger partial charge in [0.15, 0.2) is 23.2 Å². The molecule has 2 N–H and O–H groups in total. The zero-order chi connectivity index (χ0) is 11.7. The maximum Gasteiger partial charge on any atom is 0.707 e. The van der Waals surface area contributed by atoms with Crippen LogP contribution < -0.4 is 4.65 Å². The fourth-order valence-corrected chi connectivity index (χ4v) is 1.20. The van der Waals surface area contributed by atoms with Gasteiger partial charge in [0.05, 0.1) is 0 Å². The monoisotopic (exact) mass is 260 g/mol. The third-order valence-corrected chi connectivity index (χ3v) is 2.06. The molecular formula is C6H2BCl2F3O3. The van der Waals surface area contributed by atoms with Crippen molar-refractivity contribution in [1.82, 2.24) is 0 Å². The van der Waals surface area contributed by atoms with Crippen molar-refractivity contribution in [3.05, 3.63) is 27.5 Å². The van der Waals surface area contributed by atoms with Gasteiger partial charge in [-0.1, -0.05) is 23.2 Å². The molecular weight excluding hydrogens is 259 g/mol. The number of rotatable bonds is 2. The molecule has 0 aliphatic carbocycles. The van der Waals surface area contributed by atoms with Crippen molar-refractivity contribution in [3.8, 4) is 5.75 Å². The Bertz CT molecular complexity index is 373. The molecule has 0 atom stereocenters. The summed E-state index contributed by atoms with van der Waals surface area (Å²) in [5.41, 5.74) is 0. The van der Waals surface area contributed by atoms with E-state index in [1.165, 1.54) is 0 Å². The average Bonchev–Trinajstić information content (AvgIpc) is 2.18. The molecule has 3 nitrogen and oxygen atoms in total. The summed E-state index contributed by atoms with van der Waals surface area (Å²) in [6.07, 6.45) is 0. The van der Waals surface area contributed by atoms with Gasteiger partial charge in [0.25, 0.3) is 0 Å². The van der Waals surface area contributed by atoms with Gasteiger partial charge in [0, 0.05) is 0 Å². The van der Waals surface area contributed by atoms with E-state index in [9.17, 15) is 13.2 Å². The molecule has 15 heavy (non-hydrogen) atoms. The van der Waals surface area contributed by atoms with E-state index in [4.69, 9.17) is 33.2 Å². The van der Waals surface area contributed by atoms with Crippen LogP contribution in [0.2, 0.25) is 10.0 Å². The number of hydrogen-bond acceptors (Lipinski definition) is 3. The highest BCUT2D eigenvalue weighted by atomic mass is 35.5. The van der Waals surface area contributed by atoms with Gasteiger partial charge in [0.1, 0.15) is 10.0 Å². The molecule has 1 aromatic rings. The van der Waals surface area contributed by atoms with Crippen molar-refractivity contribution >= 4 is 30.5 Å². The third kappa shape index (κ3) is 2.31. The molecule has 0 radical (unpaired) electrons. The maximum absolute atomic E-state index is 13.0. The predicted molar refractivity (Wildman–Crippen MR) is 47.2 cm³/mol. The molecule has 0 unspecified atom stereocenters. The Kier molecular flexibility index (Phi) is 3.72. The lowest BCUT2D eigenvalue weighted by Crippen LogP contribution is -2.22. The molecule has 1 aromatic carbocycles. The van der Waals surface area contributed by atoms with Crippen LogP contribution in [0.1, 0.15) is 0 Å². The molecule has 0 amide bonds. The zero-order valence-corrected chi connectivity index (χ0v) is 8.28. The summed E-state index contributed by atoms with van der Waals surface area (Å²) in [5.74, 6) is -5.97. The first kappa shape index (κ1) is 12.4. The van der Waals surface area contributed by atoms with Gasteiger partial charge in [0.2, 0.25) is 0 Å². The molecule has 1 rings (SSSR count). The summed E-state index contributed by atoms with van der Waals surface area (Å²) in [6, 6.07) is 0. The largest absolute Gasteiger partial charge is 0.707 e. The predicted octanol–water partition coefficient (Wildman–Crippen LogP) is 1.76. The van der Waals surface area contributed by atoms with E-state index in [1.807, 2.05) is 0 Å². The molecule has 0 aliphatic heterocycles. The summed E-state index contributed by atoms with van der Waals surface area (Å²) in [6.45, 7) is 0. The van der Waals surface area contributed by atoms with Crippen molar-refractivity contribution < 1.29 is 27.9 Å². The summed E-state index contributed by atoms with van der Waals surface area (Å²) >= 11 is 10.2. The molecule has 9 heteroatoms. The van der Waals surface area contributed by atoms with Crippen LogP contribution in [0.4, 0.5) is 13.2 Å². The number of hydrogen-bond donors (Lipinski definition) is 2. The number of benzene rings is 1. The van der Waals surface area contributed by atoms with Crippen molar-refractivity contribution in [2.75, 3.05) is 0 Å². The quantitative estimate of drug-likeness (QED) is 0.484. The summed E-state index contributed by atoms with van der Waals surface area (Å²) < 4.78 is 42.9. The van der Waals surface area contributed by atoms with Crippen LogP contribution in [0.25, 0.3) is 0 Å². The highest BCUT2D eigenvalue weighted by molar-refractivity contribution is 6.36. The van der Waals surface area contributed by atoms with Gasteiger partial charge in [-0.25, -0.2) is 13.2 Å². The summed E-state index contributed by atoms with van der Waals surface area (Å²) in [7, 11) is -2.48. The summed E-state index contributed by atoms with van der Waals surface area (Å²) in [4.78, 5) is 0. The Morgan fingerprint density at radius 3 is 1.67 bits per heavy atom. The second kappa shape index (κ2) is 4.48. The molecule has 0 bridgehead atoms. The normalized spacial score (nSPS) is 10.3. The van der Waals surface area contributed by atoms with Crippen molar-refractivity contribution in [2.45, 2.75) is 0 Å².